The SMILES string of the molecule is Cc1[nH]ncc1CN1CCC2(C1)C(=O)Nc1ccccc12. The minimum atomic E-state index is -0.367. The maximum absolute atomic E-state index is 12.5. The van der Waals surface area contributed by atoms with Crippen molar-refractivity contribution >= 4 is 11.6 Å². The molecule has 0 radical (unpaired) electrons. The molecular weight excluding hydrogens is 264 g/mol. The highest BCUT2D eigenvalue weighted by molar-refractivity contribution is 6.06. The molecule has 1 amide bonds. The molecule has 1 saturated heterocycles. The highest BCUT2D eigenvalue weighted by Gasteiger charge is 2.50. The van der Waals surface area contributed by atoms with Gasteiger partial charge in [0.05, 0.1) is 11.6 Å². The number of benzene rings is 1. The minimum absolute atomic E-state index is 0.148. The highest BCUT2D eigenvalue weighted by atomic mass is 16.2. The van der Waals surface area contributed by atoms with E-state index in [1.54, 1.807) is 0 Å². The first-order chi connectivity index (χ1) is 10.2. The molecule has 1 aromatic carbocycles. The third kappa shape index (κ3) is 1.81. The second kappa shape index (κ2) is 4.43. The Balaban J connectivity index is 1.61. The molecule has 2 N–H and O–H groups in total. The molecule has 5 nitrogen and oxygen atoms in total. The van der Waals surface area contributed by atoms with E-state index in [-0.39, 0.29) is 11.3 Å². The number of nitrogens with one attached hydrogen (secondary N) is 2. The summed E-state index contributed by atoms with van der Waals surface area (Å²) in [5, 5.41) is 10.1. The Bertz CT molecular complexity index is 708. The normalized spacial score (nSPS) is 24.5. The van der Waals surface area contributed by atoms with Crippen LogP contribution in [0, 0.1) is 6.92 Å². The molecule has 1 atom stereocenters. The lowest BCUT2D eigenvalue weighted by molar-refractivity contribution is -0.120. The Morgan fingerprint density at radius 3 is 3.05 bits per heavy atom. The number of H-pyrrole nitrogens is 1. The fraction of sp³-hybridized carbons (Fsp3) is 0.375. The van der Waals surface area contributed by atoms with Crippen LogP contribution in [0.25, 0.3) is 0 Å². The standard InChI is InChI=1S/C16H18N4O/c1-11-12(8-17-19-11)9-20-7-6-16(10-20)13-4-2-3-5-14(13)18-15(16)21/h2-5,8H,6-7,9-10H2,1H3,(H,17,19)(H,18,21). The molecular formula is C16H18N4O. The van der Waals surface area contributed by atoms with E-state index in [0.29, 0.717) is 0 Å². The van der Waals surface area contributed by atoms with Crippen molar-refractivity contribution in [3.63, 3.8) is 0 Å². The number of aromatic amines is 1. The third-order valence-corrected chi connectivity index (χ3v) is 4.80. The van der Waals surface area contributed by atoms with Crippen molar-refractivity contribution in [3.05, 3.63) is 47.3 Å². The molecule has 3 heterocycles. The van der Waals surface area contributed by atoms with E-state index in [2.05, 4.69) is 26.5 Å². The van der Waals surface area contributed by atoms with Gasteiger partial charge in [0.1, 0.15) is 0 Å². The lowest BCUT2D eigenvalue weighted by atomic mass is 9.81. The van der Waals surface area contributed by atoms with Gasteiger partial charge in [0, 0.05) is 30.0 Å². The summed E-state index contributed by atoms with van der Waals surface area (Å²) in [7, 11) is 0. The highest BCUT2D eigenvalue weighted by Crippen LogP contribution is 2.44. The van der Waals surface area contributed by atoms with Gasteiger partial charge in [0.15, 0.2) is 0 Å². The van der Waals surface area contributed by atoms with E-state index in [1.165, 1.54) is 5.56 Å². The number of aromatic nitrogens is 2. The summed E-state index contributed by atoms with van der Waals surface area (Å²) in [5.74, 6) is 0.148. The number of carbonyl (C=O) groups excluding carboxylic acids is 1. The first-order valence-corrected chi connectivity index (χ1v) is 7.31. The summed E-state index contributed by atoms with van der Waals surface area (Å²) >= 11 is 0. The maximum atomic E-state index is 12.5. The molecule has 2 aliphatic heterocycles. The molecule has 1 fully saturated rings. The smallest absolute Gasteiger partial charge is 0.236 e. The second-order valence-electron chi connectivity index (χ2n) is 6.06. The van der Waals surface area contributed by atoms with Crippen molar-refractivity contribution in [2.24, 2.45) is 0 Å². The van der Waals surface area contributed by atoms with Crippen molar-refractivity contribution < 1.29 is 4.79 Å². The van der Waals surface area contributed by atoms with Gasteiger partial charge in [0.25, 0.3) is 0 Å². The molecule has 0 aliphatic carbocycles. The van der Waals surface area contributed by atoms with Gasteiger partial charge in [-0.2, -0.15) is 5.10 Å². The number of carbonyl (C=O) groups is 1. The third-order valence-electron chi connectivity index (χ3n) is 4.80. The Labute approximate surface area is 123 Å². The van der Waals surface area contributed by atoms with Crippen LogP contribution in [0.4, 0.5) is 5.69 Å². The van der Waals surface area contributed by atoms with E-state index in [1.807, 2.05) is 31.3 Å². The van der Waals surface area contributed by atoms with Crippen LogP contribution in [0.5, 0.6) is 0 Å². The van der Waals surface area contributed by atoms with Crippen molar-refractivity contribution in [2.75, 3.05) is 18.4 Å². The summed E-state index contributed by atoms with van der Waals surface area (Å²) in [4.78, 5) is 14.9. The summed E-state index contributed by atoms with van der Waals surface area (Å²) in [6.07, 6.45) is 2.76. The number of nitrogens with zero attached hydrogens (tertiary/aromatic N) is 2. The zero-order valence-corrected chi connectivity index (χ0v) is 12.0. The number of likely N-dealkylation sites (tertiary alicyclic amines) is 1. The summed E-state index contributed by atoms with van der Waals surface area (Å²) in [5.41, 5.74) is 4.07. The topological polar surface area (TPSA) is 61.0 Å². The maximum Gasteiger partial charge on any atom is 0.236 e. The van der Waals surface area contributed by atoms with E-state index >= 15 is 0 Å². The zero-order valence-electron chi connectivity index (χ0n) is 12.0. The molecule has 1 unspecified atom stereocenters. The number of para-hydroxylation sites is 1. The average Bonchev–Trinajstić information content (AvgIpc) is 3.14. The van der Waals surface area contributed by atoms with Gasteiger partial charge in [0.2, 0.25) is 5.91 Å². The predicted octanol–water partition coefficient (Wildman–Crippen LogP) is 1.81. The van der Waals surface area contributed by atoms with Crippen LogP contribution in [-0.2, 0) is 16.8 Å². The van der Waals surface area contributed by atoms with Crippen molar-refractivity contribution in [1.29, 1.82) is 0 Å². The molecule has 0 bridgehead atoms. The predicted molar refractivity (Wildman–Crippen MR) is 80.0 cm³/mol. The van der Waals surface area contributed by atoms with Gasteiger partial charge in [-0.05, 0) is 31.5 Å². The Kier molecular flexibility index (Phi) is 2.65. The molecule has 2 aliphatic rings. The van der Waals surface area contributed by atoms with Crippen LogP contribution in [-0.4, -0.2) is 34.1 Å². The second-order valence-corrected chi connectivity index (χ2v) is 6.06. The summed E-state index contributed by atoms with van der Waals surface area (Å²) in [6.45, 7) is 4.60. The number of rotatable bonds is 2. The van der Waals surface area contributed by atoms with Gasteiger partial charge >= 0.3 is 0 Å². The molecule has 5 heteroatoms. The number of aryl methyl sites for hydroxylation is 1. The summed E-state index contributed by atoms with van der Waals surface area (Å²) in [6, 6.07) is 8.06. The molecule has 2 aromatic rings. The van der Waals surface area contributed by atoms with Crippen molar-refractivity contribution in [2.45, 2.75) is 25.3 Å². The van der Waals surface area contributed by atoms with Crippen LogP contribution < -0.4 is 5.32 Å². The molecule has 4 rings (SSSR count). The van der Waals surface area contributed by atoms with Crippen LogP contribution in [0.15, 0.2) is 30.5 Å². The molecule has 1 aromatic heterocycles. The number of amides is 1. The van der Waals surface area contributed by atoms with E-state index in [4.69, 9.17) is 0 Å². The van der Waals surface area contributed by atoms with E-state index < -0.39 is 0 Å². The van der Waals surface area contributed by atoms with Gasteiger partial charge in [-0.3, -0.25) is 14.8 Å². The fourth-order valence-electron chi connectivity index (χ4n) is 3.58. The van der Waals surface area contributed by atoms with E-state index in [9.17, 15) is 4.79 Å². The lowest BCUT2D eigenvalue weighted by Gasteiger charge is -2.22. The minimum Gasteiger partial charge on any atom is -0.325 e. The fourth-order valence-corrected chi connectivity index (χ4v) is 3.58. The van der Waals surface area contributed by atoms with Gasteiger partial charge in [-0.15, -0.1) is 0 Å². The molecule has 108 valence electrons. The zero-order chi connectivity index (χ0) is 14.4. The van der Waals surface area contributed by atoms with Gasteiger partial charge < -0.3 is 5.32 Å². The number of fused-ring (bicyclic) bond motifs is 2. The Morgan fingerprint density at radius 2 is 2.24 bits per heavy atom. The van der Waals surface area contributed by atoms with Gasteiger partial charge in [-0.25, -0.2) is 0 Å². The number of hydrogen-bond acceptors (Lipinski definition) is 3. The quantitative estimate of drug-likeness (QED) is 0.883. The van der Waals surface area contributed by atoms with Crippen LogP contribution in [0.3, 0.4) is 0 Å². The Morgan fingerprint density at radius 1 is 1.38 bits per heavy atom. The van der Waals surface area contributed by atoms with Crippen molar-refractivity contribution in [3.8, 4) is 0 Å². The first-order valence-electron chi connectivity index (χ1n) is 7.31. The van der Waals surface area contributed by atoms with Crippen LogP contribution in [0.2, 0.25) is 0 Å². The molecule has 0 saturated carbocycles. The first kappa shape index (κ1) is 12.6. The molecule has 21 heavy (non-hydrogen) atoms. The Hall–Kier alpha value is -2.14. The average molecular weight is 282 g/mol. The summed E-state index contributed by atoms with van der Waals surface area (Å²) < 4.78 is 0. The van der Waals surface area contributed by atoms with Gasteiger partial charge in [-0.1, -0.05) is 18.2 Å². The molecule has 1 spiro atoms. The number of hydrogen-bond donors (Lipinski definition) is 2. The largest absolute Gasteiger partial charge is 0.325 e. The van der Waals surface area contributed by atoms with E-state index in [0.717, 1.165) is 43.0 Å². The number of anilines is 1. The van der Waals surface area contributed by atoms with Crippen LogP contribution in [0.1, 0.15) is 23.2 Å². The monoisotopic (exact) mass is 282 g/mol. The van der Waals surface area contributed by atoms with Crippen molar-refractivity contribution in [1.82, 2.24) is 15.1 Å². The lowest BCUT2D eigenvalue weighted by Crippen LogP contribution is -2.37. The van der Waals surface area contributed by atoms with Crippen LogP contribution >= 0.6 is 0 Å².